The van der Waals surface area contributed by atoms with Gasteiger partial charge in [-0.15, -0.1) is 13.2 Å². The van der Waals surface area contributed by atoms with Crippen LogP contribution in [0.2, 0.25) is 5.02 Å². The second-order valence-corrected chi connectivity index (χ2v) is 10.4. The van der Waals surface area contributed by atoms with E-state index in [1.54, 1.807) is 24.3 Å². The molecule has 1 unspecified atom stereocenters. The van der Waals surface area contributed by atoms with E-state index in [9.17, 15) is 27.3 Å². The summed E-state index contributed by atoms with van der Waals surface area (Å²) in [4.78, 5) is 30.8. The molecule has 0 saturated carbocycles. The van der Waals surface area contributed by atoms with Gasteiger partial charge >= 0.3 is 17.2 Å². The average Bonchev–Trinajstić information content (AvgIpc) is 3.23. The Morgan fingerprint density at radius 1 is 1.08 bits per heavy atom. The van der Waals surface area contributed by atoms with Gasteiger partial charge in [0, 0.05) is 35.4 Å². The molecule has 2 heterocycles. The number of alkyl halides is 3. The summed E-state index contributed by atoms with van der Waals surface area (Å²) in [6.07, 6.45) is -3.49. The van der Waals surface area contributed by atoms with E-state index in [2.05, 4.69) is 9.72 Å². The zero-order valence-corrected chi connectivity index (χ0v) is 22.1. The van der Waals surface area contributed by atoms with Gasteiger partial charge in [-0.2, -0.15) is 4.98 Å². The van der Waals surface area contributed by atoms with Gasteiger partial charge in [0.25, 0.3) is 5.56 Å². The van der Waals surface area contributed by atoms with Gasteiger partial charge in [-0.25, -0.2) is 4.79 Å². The highest BCUT2D eigenvalue weighted by Gasteiger charge is 2.32. The minimum absolute atomic E-state index is 0.0115. The lowest BCUT2D eigenvalue weighted by Crippen LogP contribution is -2.39. The Morgan fingerprint density at radius 3 is 2.45 bits per heavy atom. The lowest BCUT2D eigenvalue weighted by molar-refractivity contribution is -0.274. The molecule has 0 aliphatic heterocycles. The molecule has 0 saturated heterocycles. The second kappa shape index (κ2) is 11.3. The van der Waals surface area contributed by atoms with Crippen molar-refractivity contribution in [1.29, 1.82) is 0 Å². The zero-order chi connectivity index (χ0) is 27.6. The van der Waals surface area contributed by atoms with Crippen molar-refractivity contribution < 1.29 is 22.5 Å². The summed E-state index contributed by atoms with van der Waals surface area (Å²) in [6.45, 7) is 2.26. The van der Waals surface area contributed by atoms with Crippen LogP contribution < -0.4 is 16.0 Å². The van der Waals surface area contributed by atoms with Crippen molar-refractivity contribution in [3.8, 4) is 5.75 Å². The fourth-order valence-electron chi connectivity index (χ4n) is 4.01. The summed E-state index contributed by atoms with van der Waals surface area (Å²) in [5.41, 5.74) is 0.128. The first kappa shape index (κ1) is 27.8. The third kappa shape index (κ3) is 6.08. The standard InChI is InChI=1S/C25H24ClF3N4O4S/c1-3-4-12-32-22(34)20-21(31(2)24(32)35)30-23(33(20)14-16-8-10-18(26)11-9-16)38(36)15-17-6-5-7-19(13-17)37-25(27,28)29/h5-11,13H,3-4,12,14-15H2,1-2H3. The lowest BCUT2D eigenvalue weighted by atomic mass is 10.2. The maximum Gasteiger partial charge on any atom is 0.573 e. The number of fused-ring (bicyclic) bond motifs is 1. The molecule has 4 aromatic rings. The Morgan fingerprint density at radius 2 is 1.79 bits per heavy atom. The van der Waals surface area contributed by atoms with Gasteiger partial charge in [0.05, 0.1) is 6.54 Å². The number of aromatic nitrogens is 4. The molecule has 2 aromatic heterocycles. The van der Waals surface area contributed by atoms with Gasteiger partial charge in [0.1, 0.15) is 11.5 Å². The highest BCUT2D eigenvalue weighted by molar-refractivity contribution is 7.90. The number of ether oxygens (including phenoxy) is 1. The van der Waals surface area contributed by atoms with E-state index >= 15 is 0 Å². The van der Waals surface area contributed by atoms with Crippen molar-refractivity contribution in [3.63, 3.8) is 0 Å². The SMILES string of the molecule is CCCCn1c(=O)c2c(nc([S+]([O-])Cc3cccc(OC(F)(F)F)c3)n2Cc2ccc(Cl)cc2)n(C)c1=O. The molecular weight excluding hydrogens is 545 g/mol. The van der Waals surface area contributed by atoms with E-state index in [0.29, 0.717) is 17.0 Å². The van der Waals surface area contributed by atoms with E-state index in [4.69, 9.17) is 11.6 Å². The summed E-state index contributed by atoms with van der Waals surface area (Å²) >= 11 is 4.11. The van der Waals surface area contributed by atoms with Gasteiger partial charge in [-0.1, -0.05) is 49.2 Å². The molecule has 2 aromatic carbocycles. The minimum atomic E-state index is -4.87. The number of unbranched alkanes of at least 4 members (excludes halogenated alkanes) is 1. The zero-order valence-electron chi connectivity index (χ0n) is 20.5. The van der Waals surface area contributed by atoms with E-state index in [-0.39, 0.29) is 35.2 Å². The van der Waals surface area contributed by atoms with Crippen LogP contribution >= 0.6 is 11.6 Å². The van der Waals surface area contributed by atoms with Crippen molar-refractivity contribution in [3.05, 3.63) is 85.5 Å². The van der Waals surface area contributed by atoms with E-state index in [0.717, 1.165) is 28.7 Å². The predicted molar refractivity (Wildman–Crippen MR) is 138 cm³/mol. The van der Waals surface area contributed by atoms with Gasteiger partial charge in [0.2, 0.25) is 0 Å². The molecule has 0 bridgehead atoms. The van der Waals surface area contributed by atoms with Crippen molar-refractivity contribution >= 4 is 33.9 Å². The third-order valence-corrected chi connectivity index (χ3v) is 7.39. The third-order valence-electron chi connectivity index (χ3n) is 5.82. The van der Waals surface area contributed by atoms with Crippen LogP contribution in [0.1, 0.15) is 30.9 Å². The highest BCUT2D eigenvalue weighted by Crippen LogP contribution is 2.26. The highest BCUT2D eigenvalue weighted by atomic mass is 35.5. The fraction of sp³-hybridized carbons (Fsp3) is 0.320. The number of benzene rings is 2. The molecule has 0 spiro atoms. The van der Waals surface area contributed by atoms with Gasteiger partial charge in [-0.3, -0.25) is 18.5 Å². The number of rotatable bonds is 9. The second-order valence-electron chi connectivity index (χ2n) is 8.62. The quantitative estimate of drug-likeness (QED) is 0.275. The molecule has 4 rings (SSSR count). The Bertz CT molecular complexity index is 1560. The summed E-state index contributed by atoms with van der Waals surface area (Å²) in [5, 5.41) is 0.524. The average molecular weight is 569 g/mol. The molecule has 0 amide bonds. The van der Waals surface area contributed by atoms with Crippen LogP contribution in [0, 0.1) is 0 Å². The molecule has 0 N–H and O–H groups in total. The maximum absolute atomic E-state index is 13.6. The Balaban J connectivity index is 1.83. The summed E-state index contributed by atoms with van der Waals surface area (Å²) < 4.78 is 59.4. The van der Waals surface area contributed by atoms with Crippen LogP contribution in [-0.4, -0.2) is 29.6 Å². The molecule has 0 aliphatic carbocycles. The van der Waals surface area contributed by atoms with Crippen LogP contribution in [0.5, 0.6) is 5.75 Å². The Labute approximate surface area is 223 Å². The molecule has 8 nitrogen and oxygen atoms in total. The largest absolute Gasteiger partial charge is 0.609 e. The summed E-state index contributed by atoms with van der Waals surface area (Å²) in [5.74, 6) is -0.639. The van der Waals surface area contributed by atoms with Gasteiger partial charge < -0.3 is 9.29 Å². The van der Waals surface area contributed by atoms with E-state index < -0.39 is 34.5 Å². The number of hydrogen-bond donors (Lipinski definition) is 0. The fourth-order valence-corrected chi connectivity index (χ4v) is 5.33. The Kier molecular flexibility index (Phi) is 8.24. The van der Waals surface area contributed by atoms with Crippen molar-refractivity contribution in [2.75, 3.05) is 0 Å². The van der Waals surface area contributed by atoms with Crippen molar-refractivity contribution in [1.82, 2.24) is 18.7 Å². The van der Waals surface area contributed by atoms with E-state index in [1.807, 2.05) is 6.92 Å². The number of hydrogen-bond acceptors (Lipinski definition) is 5. The first-order valence-corrected chi connectivity index (χ1v) is 13.4. The normalized spacial score (nSPS) is 12.7. The first-order chi connectivity index (χ1) is 18.0. The molecule has 13 heteroatoms. The van der Waals surface area contributed by atoms with Gasteiger partial charge in [0.15, 0.2) is 11.2 Å². The lowest BCUT2D eigenvalue weighted by Gasteiger charge is -2.14. The minimum Gasteiger partial charge on any atom is -0.609 e. The van der Waals surface area contributed by atoms with E-state index in [1.165, 1.54) is 28.3 Å². The number of imidazole rings is 1. The maximum atomic E-state index is 13.6. The first-order valence-electron chi connectivity index (χ1n) is 11.7. The molecular formula is C25H24ClF3N4O4S. The van der Waals surface area contributed by atoms with Crippen LogP contribution in [0.3, 0.4) is 0 Å². The topological polar surface area (TPSA) is 94.1 Å². The summed E-state index contributed by atoms with van der Waals surface area (Å²) in [6, 6.07) is 12.0. The van der Waals surface area contributed by atoms with Crippen LogP contribution in [0.25, 0.3) is 11.2 Å². The van der Waals surface area contributed by atoms with Crippen LogP contribution in [0.15, 0.2) is 63.3 Å². The van der Waals surface area contributed by atoms with Gasteiger partial charge in [-0.05, 0) is 36.2 Å². The van der Waals surface area contributed by atoms with Crippen LogP contribution in [0.4, 0.5) is 13.2 Å². The number of aryl methyl sites for hydroxylation is 1. The molecule has 202 valence electrons. The predicted octanol–water partition coefficient (Wildman–Crippen LogP) is 4.60. The summed E-state index contributed by atoms with van der Waals surface area (Å²) in [7, 11) is 1.48. The molecule has 38 heavy (non-hydrogen) atoms. The van der Waals surface area contributed by atoms with Crippen molar-refractivity contribution in [2.24, 2.45) is 7.05 Å². The molecule has 1 atom stereocenters. The Hall–Kier alpha value is -3.22. The molecule has 0 radical (unpaired) electrons. The smallest absolute Gasteiger partial charge is 0.573 e. The number of halogens is 4. The molecule has 0 fully saturated rings. The van der Waals surface area contributed by atoms with Crippen molar-refractivity contribution in [2.45, 2.75) is 50.1 Å². The van der Waals surface area contributed by atoms with Crippen LogP contribution in [-0.2, 0) is 37.1 Å². The monoisotopic (exact) mass is 568 g/mol. The molecule has 0 aliphatic rings. The number of nitrogens with zero attached hydrogens (tertiary/aromatic N) is 4.